The van der Waals surface area contributed by atoms with E-state index < -0.39 is 0 Å². The van der Waals surface area contributed by atoms with Gasteiger partial charge in [0.1, 0.15) is 13.2 Å². The molecule has 1 aliphatic carbocycles. The van der Waals surface area contributed by atoms with E-state index in [4.69, 9.17) is 15.2 Å². The summed E-state index contributed by atoms with van der Waals surface area (Å²) in [5.41, 5.74) is 6.68. The molecule has 8 heteroatoms. The van der Waals surface area contributed by atoms with Gasteiger partial charge in [-0.3, -0.25) is 9.59 Å². The lowest BCUT2D eigenvalue weighted by atomic mass is 9.99. The van der Waals surface area contributed by atoms with Gasteiger partial charge in [0.05, 0.1) is 6.54 Å². The molecule has 1 aromatic rings. The fraction of sp³-hybridized carbons (Fsp3) is 0.579. The first-order chi connectivity index (χ1) is 12.6. The number of nitrogens with one attached hydrogen (secondary N) is 1. The van der Waals surface area contributed by atoms with E-state index in [1.807, 2.05) is 6.92 Å². The maximum Gasteiger partial charge on any atom is 0.243 e. The number of nitrogens with zero attached hydrogens (tertiary/aromatic N) is 1. The van der Waals surface area contributed by atoms with Crippen molar-refractivity contribution in [2.24, 2.45) is 11.7 Å². The van der Waals surface area contributed by atoms with Gasteiger partial charge >= 0.3 is 0 Å². The quantitative estimate of drug-likeness (QED) is 0.767. The van der Waals surface area contributed by atoms with Crippen molar-refractivity contribution in [1.82, 2.24) is 4.90 Å². The average Bonchev–Trinajstić information content (AvgIpc) is 3.04. The molecule has 27 heavy (non-hydrogen) atoms. The maximum absolute atomic E-state index is 12.5. The molecule has 7 nitrogen and oxygen atoms in total. The molecule has 2 amide bonds. The zero-order chi connectivity index (χ0) is 18.5. The second-order valence-corrected chi connectivity index (χ2v) is 6.87. The number of hydrogen-bond acceptors (Lipinski definition) is 5. The van der Waals surface area contributed by atoms with E-state index in [9.17, 15) is 9.59 Å². The van der Waals surface area contributed by atoms with Gasteiger partial charge in [-0.1, -0.05) is 6.42 Å². The second kappa shape index (κ2) is 9.80. The molecule has 1 heterocycles. The second-order valence-electron chi connectivity index (χ2n) is 6.87. The number of rotatable bonds is 6. The Morgan fingerprint density at radius 2 is 1.96 bits per heavy atom. The Kier molecular flexibility index (Phi) is 7.74. The lowest BCUT2D eigenvalue weighted by Gasteiger charge is -2.24. The van der Waals surface area contributed by atoms with Crippen LogP contribution < -0.4 is 20.5 Å². The van der Waals surface area contributed by atoms with Crippen molar-refractivity contribution in [3.05, 3.63) is 18.2 Å². The van der Waals surface area contributed by atoms with E-state index in [2.05, 4.69) is 5.32 Å². The predicted molar refractivity (Wildman–Crippen MR) is 105 cm³/mol. The fourth-order valence-electron chi connectivity index (χ4n) is 3.54. The monoisotopic (exact) mass is 397 g/mol. The molecule has 150 valence electrons. The van der Waals surface area contributed by atoms with E-state index in [-0.39, 0.29) is 42.7 Å². The normalized spacial score (nSPS) is 20.5. The van der Waals surface area contributed by atoms with Gasteiger partial charge < -0.3 is 25.4 Å². The van der Waals surface area contributed by atoms with Crippen LogP contribution in [0.2, 0.25) is 0 Å². The number of anilines is 1. The summed E-state index contributed by atoms with van der Waals surface area (Å²) in [6, 6.07) is 5.38. The minimum absolute atomic E-state index is 0. The van der Waals surface area contributed by atoms with Gasteiger partial charge in [-0.2, -0.15) is 0 Å². The summed E-state index contributed by atoms with van der Waals surface area (Å²) in [5.74, 6) is 1.29. The molecular weight excluding hydrogens is 370 g/mol. The van der Waals surface area contributed by atoms with Crippen molar-refractivity contribution in [3.63, 3.8) is 0 Å². The van der Waals surface area contributed by atoms with Crippen molar-refractivity contribution >= 4 is 29.9 Å². The number of ether oxygens (including phenoxy) is 2. The number of likely N-dealkylation sites (N-methyl/N-ethyl adjacent to an activating group) is 1. The summed E-state index contributed by atoms with van der Waals surface area (Å²) < 4.78 is 11.0. The van der Waals surface area contributed by atoms with Gasteiger partial charge in [-0.25, -0.2) is 0 Å². The lowest BCUT2D eigenvalue weighted by Crippen LogP contribution is -2.40. The number of amides is 2. The molecule has 0 unspecified atom stereocenters. The molecule has 0 saturated heterocycles. The van der Waals surface area contributed by atoms with Crippen molar-refractivity contribution in [3.8, 4) is 11.5 Å². The summed E-state index contributed by atoms with van der Waals surface area (Å²) in [7, 11) is 0. The summed E-state index contributed by atoms with van der Waals surface area (Å²) in [4.78, 5) is 26.4. The van der Waals surface area contributed by atoms with E-state index in [0.29, 0.717) is 43.4 Å². The van der Waals surface area contributed by atoms with E-state index in [0.717, 1.165) is 19.3 Å². The largest absolute Gasteiger partial charge is 0.486 e. The predicted octanol–water partition coefficient (Wildman–Crippen LogP) is 2.18. The van der Waals surface area contributed by atoms with Crippen LogP contribution in [0.15, 0.2) is 18.2 Å². The third-order valence-corrected chi connectivity index (χ3v) is 5.05. The van der Waals surface area contributed by atoms with Crippen LogP contribution >= 0.6 is 12.4 Å². The Morgan fingerprint density at radius 3 is 2.63 bits per heavy atom. The summed E-state index contributed by atoms with van der Waals surface area (Å²) in [6.45, 7) is 3.42. The van der Waals surface area contributed by atoms with Gasteiger partial charge in [0, 0.05) is 30.8 Å². The third kappa shape index (κ3) is 5.49. The SMILES string of the molecule is CCN(CC(=O)Nc1ccc2c(c1)OCCO2)C(=O)C[C@@H]1CCC[C@H]1N.Cl. The highest BCUT2D eigenvalue weighted by molar-refractivity contribution is 5.94. The average molecular weight is 398 g/mol. The number of carbonyl (C=O) groups is 2. The van der Waals surface area contributed by atoms with Gasteiger partial charge in [0.25, 0.3) is 0 Å². The molecule has 3 rings (SSSR count). The summed E-state index contributed by atoms with van der Waals surface area (Å²) >= 11 is 0. The molecule has 0 spiro atoms. The van der Waals surface area contributed by atoms with Crippen LogP contribution in [0.4, 0.5) is 5.69 Å². The molecule has 1 fully saturated rings. The third-order valence-electron chi connectivity index (χ3n) is 5.05. The van der Waals surface area contributed by atoms with Crippen LogP contribution in [0.1, 0.15) is 32.6 Å². The van der Waals surface area contributed by atoms with Crippen LogP contribution in [-0.2, 0) is 9.59 Å². The Hall–Kier alpha value is -1.99. The number of hydrogen-bond donors (Lipinski definition) is 2. The molecule has 1 saturated carbocycles. The van der Waals surface area contributed by atoms with Crippen LogP contribution in [-0.4, -0.2) is 49.1 Å². The number of carbonyl (C=O) groups excluding carboxylic acids is 2. The zero-order valence-electron chi connectivity index (χ0n) is 15.6. The standard InChI is InChI=1S/C19H27N3O4.ClH/c1-2-22(19(24)10-13-4-3-5-15(13)20)12-18(23)21-14-6-7-16-17(11-14)26-9-8-25-16;/h6-7,11,13,15H,2-5,8-10,12,20H2,1H3,(H,21,23);1H/t13-,15+;/m0./s1. The highest BCUT2D eigenvalue weighted by atomic mass is 35.5. The molecule has 0 aromatic heterocycles. The molecular formula is C19H28ClN3O4. The van der Waals surface area contributed by atoms with Crippen molar-refractivity contribution in [2.75, 3.05) is 31.6 Å². The molecule has 3 N–H and O–H groups in total. The highest BCUT2D eigenvalue weighted by Gasteiger charge is 2.28. The molecule has 1 aliphatic heterocycles. The topological polar surface area (TPSA) is 93.9 Å². The van der Waals surface area contributed by atoms with Gasteiger partial charge in [-0.15, -0.1) is 12.4 Å². The van der Waals surface area contributed by atoms with Crippen LogP contribution in [0, 0.1) is 5.92 Å². The summed E-state index contributed by atoms with van der Waals surface area (Å²) in [6.07, 6.45) is 3.48. The number of benzene rings is 1. The van der Waals surface area contributed by atoms with Gasteiger partial charge in [0.2, 0.25) is 11.8 Å². The van der Waals surface area contributed by atoms with Gasteiger partial charge in [-0.05, 0) is 37.8 Å². The molecule has 1 aromatic carbocycles. The Bertz CT molecular complexity index is 670. The smallest absolute Gasteiger partial charge is 0.243 e. The van der Waals surface area contributed by atoms with E-state index >= 15 is 0 Å². The van der Waals surface area contributed by atoms with Crippen LogP contribution in [0.25, 0.3) is 0 Å². The molecule has 0 radical (unpaired) electrons. The van der Waals surface area contributed by atoms with Crippen molar-refractivity contribution < 1.29 is 19.1 Å². The van der Waals surface area contributed by atoms with Crippen LogP contribution in [0.3, 0.4) is 0 Å². The first-order valence-corrected chi connectivity index (χ1v) is 9.29. The van der Waals surface area contributed by atoms with Gasteiger partial charge in [0.15, 0.2) is 11.5 Å². The highest BCUT2D eigenvalue weighted by Crippen LogP contribution is 2.32. The van der Waals surface area contributed by atoms with Crippen LogP contribution in [0.5, 0.6) is 11.5 Å². The Labute approximate surface area is 166 Å². The molecule has 2 atom stereocenters. The molecule has 2 aliphatic rings. The first-order valence-electron chi connectivity index (χ1n) is 9.29. The molecule has 0 bridgehead atoms. The van der Waals surface area contributed by atoms with E-state index in [1.165, 1.54) is 0 Å². The van der Waals surface area contributed by atoms with Crippen molar-refractivity contribution in [1.29, 1.82) is 0 Å². The minimum Gasteiger partial charge on any atom is -0.486 e. The fourth-order valence-corrected chi connectivity index (χ4v) is 3.54. The minimum atomic E-state index is -0.229. The lowest BCUT2D eigenvalue weighted by molar-refractivity contribution is -0.135. The number of fused-ring (bicyclic) bond motifs is 1. The summed E-state index contributed by atoms with van der Waals surface area (Å²) in [5, 5.41) is 2.82. The number of nitrogens with two attached hydrogens (primary N) is 1. The Morgan fingerprint density at radius 1 is 1.22 bits per heavy atom. The zero-order valence-corrected chi connectivity index (χ0v) is 16.4. The van der Waals surface area contributed by atoms with E-state index in [1.54, 1.807) is 23.1 Å². The first kappa shape index (κ1) is 21.3. The number of halogens is 1. The maximum atomic E-state index is 12.5. The van der Waals surface area contributed by atoms with Crippen molar-refractivity contribution in [2.45, 2.75) is 38.6 Å². The Balaban J connectivity index is 0.00000261.